The summed E-state index contributed by atoms with van der Waals surface area (Å²) in [6.07, 6.45) is 2.87. The number of carbonyl (C=O) groups is 3. The number of hydrogen-bond donors (Lipinski definition) is 0. The molecule has 1 heterocycles. The summed E-state index contributed by atoms with van der Waals surface area (Å²) in [7, 11) is 0. The SMILES string of the molecule is CC(=O)c1ccccc1C(=O)N1CCCC(C(=O)CCc2ccccc2)C1. The van der Waals surface area contributed by atoms with Crippen molar-refractivity contribution in [1.82, 2.24) is 4.90 Å². The van der Waals surface area contributed by atoms with Crippen LogP contribution in [0.1, 0.15) is 52.5 Å². The minimum absolute atomic E-state index is 0.115. The molecule has 1 amide bonds. The van der Waals surface area contributed by atoms with E-state index in [0.717, 1.165) is 24.8 Å². The highest BCUT2D eigenvalue weighted by atomic mass is 16.2. The van der Waals surface area contributed by atoms with Crippen molar-refractivity contribution in [3.63, 3.8) is 0 Å². The van der Waals surface area contributed by atoms with Gasteiger partial charge < -0.3 is 4.90 Å². The topological polar surface area (TPSA) is 54.5 Å². The van der Waals surface area contributed by atoms with Crippen LogP contribution in [0.4, 0.5) is 0 Å². The van der Waals surface area contributed by atoms with Gasteiger partial charge in [-0.2, -0.15) is 0 Å². The summed E-state index contributed by atoms with van der Waals surface area (Å²) in [6.45, 7) is 2.55. The fraction of sp³-hybridized carbons (Fsp3) is 0.348. The first-order valence-electron chi connectivity index (χ1n) is 9.52. The van der Waals surface area contributed by atoms with E-state index in [4.69, 9.17) is 0 Å². The average molecular weight is 363 g/mol. The van der Waals surface area contributed by atoms with Crippen LogP contribution in [-0.4, -0.2) is 35.5 Å². The Hall–Kier alpha value is -2.75. The molecule has 1 atom stereocenters. The highest BCUT2D eigenvalue weighted by Crippen LogP contribution is 2.22. The molecule has 0 aromatic heterocycles. The monoisotopic (exact) mass is 363 g/mol. The van der Waals surface area contributed by atoms with Crippen LogP contribution in [-0.2, 0) is 11.2 Å². The van der Waals surface area contributed by atoms with Crippen molar-refractivity contribution in [3.05, 3.63) is 71.3 Å². The second kappa shape index (κ2) is 8.76. The van der Waals surface area contributed by atoms with E-state index in [9.17, 15) is 14.4 Å². The molecule has 140 valence electrons. The van der Waals surface area contributed by atoms with Gasteiger partial charge in [0.25, 0.3) is 5.91 Å². The van der Waals surface area contributed by atoms with Crippen LogP contribution in [0.5, 0.6) is 0 Å². The van der Waals surface area contributed by atoms with Crippen molar-refractivity contribution in [3.8, 4) is 0 Å². The molecule has 4 nitrogen and oxygen atoms in total. The van der Waals surface area contributed by atoms with E-state index in [-0.39, 0.29) is 23.4 Å². The standard InChI is InChI=1S/C23H25NO3/c1-17(25)20-11-5-6-12-21(20)23(27)24-15-7-10-19(16-24)22(26)14-13-18-8-3-2-4-9-18/h2-6,8-9,11-12,19H,7,10,13-16H2,1H3. The summed E-state index contributed by atoms with van der Waals surface area (Å²) < 4.78 is 0. The minimum atomic E-state index is -0.152. The normalized spacial score (nSPS) is 16.8. The number of ketones is 2. The fourth-order valence-corrected chi connectivity index (χ4v) is 3.69. The summed E-state index contributed by atoms with van der Waals surface area (Å²) >= 11 is 0. The fourth-order valence-electron chi connectivity index (χ4n) is 3.69. The second-order valence-electron chi connectivity index (χ2n) is 7.14. The Bertz CT molecular complexity index is 829. The molecule has 2 aromatic rings. The summed E-state index contributed by atoms with van der Waals surface area (Å²) in [4.78, 5) is 39.1. The molecule has 1 aliphatic heterocycles. The van der Waals surface area contributed by atoms with Gasteiger partial charge in [0.05, 0.1) is 5.56 Å². The Morgan fingerprint density at radius 3 is 2.33 bits per heavy atom. The number of nitrogens with zero attached hydrogens (tertiary/aromatic N) is 1. The number of hydrogen-bond acceptors (Lipinski definition) is 3. The van der Waals surface area contributed by atoms with Gasteiger partial charge in [-0.25, -0.2) is 0 Å². The first kappa shape index (κ1) is 19.0. The van der Waals surface area contributed by atoms with Gasteiger partial charge in [-0.15, -0.1) is 0 Å². The lowest BCUT2D eigenvalue weighted by Gasteiger charge is -2.32. The van der Waals surface area contributed by atoms with Crippen LogP contribution in [0.3, 0.4) is 0 Å². The van der Waals surface area contributed by atoms with Gasteiger partial charge in [0.2, 0.25) is 0 Å². The van der Waals surface area contributed by atoms with Crippen LogP contribution < -0.4 is 0 Å². The van der Waals surface area contributed by atoms with Crippen molar-refractivity contribution in [2.24, 2.45) is 5.92 Å². The molecular formula is C23H25NO3. The molecule has 0 aliphatic carbocycles. The zero-order chi connectivity index (χ0) is 19.2. The Balaban J connectivity index is 1.64. The zero-order valence-corrected chi connectivity index (χ0v) is 15.7. The van der Waals surface area contributed by atoms with Crippen LogP contribution >= 0.6 is 0 Å². The summed E-state index contributed by atoms with van der Waals surface area (Å²) in [5, 5.41) is 0. The Morgan fingerprint density at radius 2 is 1.63 bits per heavy atom. The molecule has 3 rings (SSSR count). The molecular weight excluding hydrogens is 338 g/mol. The molecule has 1 fully saturated rings. The largest absolute Gasteiger partial charge is 0.338 e. The molecule has 1 unspecified atom stereocenters. The average Bonchev–Trinajstić information content (AvgIpc) is 2.72. The smallest absolute Gasteiger partial charge is 0.254 e. The first-order chi connectivity index (χ1) is 13.1. The van der Waals surface area contributed by atoms with Gasteiger partial charge >= 0.3 is 0 Å². The third-order valence-electron chi connectivity index (χ3n) is 5.20. The lowest BCUT2D eigenvalue weighted by atomic mass is 9.90. The predicted octanol–water partition coefficient (Wildman–Crippen LogP) is 3.94. The maximum atomic E-state index is 12.9. The van der Waals surface area contributed by atoms with Crippen LogP contribution in [0.25, 0.3) is 0 Å². The summed E-state index contributed by atoms with van der Waals surface area (Å²) in [6, 6.07) is 16.9. The third kappa shape index (κ3) is 4.70. The van der Waals surface area contributed by atoms with Gasteiger partial charge in [-0.1, -0.05) is 48.5 Å². The molecule has 2 aromatic carbocycles. The number of rotatable bonds is 6. The quantitative estimate of drug-likeness (QED) is 0.731. The molecule has 0 saturated carbocycles. The number of benzene rings is 2. The minimum Gasteiger partial charge on any atom is -0.338 e. The maximum absolute atomic E-state index is 12.9. The molecule has 0 N–H and O–H groups in total. The van der Waals surface area contributed by atoms with Gasteiger partial charge in [-0.05, 0) is 37.8 Å². The number of piperidine rings is 1. The molecule has 1 aliphatic rings. The van der Waals surface area contributed by atoms with E-state index >= 15 is 0 Å². The number of carbonyl (C=O) groups excluding carboxylic acids is 3. The lowest BCUT2D eigenvalue weighted by Crippen LogP contribution is -2.42. The lowest BCUT2D eigenvalue weighted by molar-refractivity contribution is -0.124. The molecule has 0 spiro atoms. The highest BCUT2D eigenvalue weighted by molar-refractivity contribution is 6.07. The number of likely N-dealkylation sites (tertiary alicyclic amines) is 1. The van der Waals surface area contributed by atoms with E-state index in [1.54, 1.807) is 29.2 Å². The van der Waals surface area contributed by atoms with Crippen LogP contribution in [0.15, 0.2) is 54.6 Å². The predicted molar refractivity (Wildman–Crippen MR) is 105 cm³/mol. The van der Waals surface area contributed by atoms with Crippen molar-refractivity contribution < 1.29 is 14.4 Å². The Kier molecular flexibility index (Phi) is 6.17. The molecule has 4 heteroatoms. The first-order valence-corrected chi connectivity index (χ1v) is 9.52. The van der Waals surface area contributed by atoms with E-state index in [0.29, 0.717) is 30.6 Å². The number of amides is 1. The van der Waals surface area contributed by atoms with Gasteiger partial charge in [0.1, 0.15) is 5.78 Å². The molecule has 27 heavy (non-hydrogen) atoms. The number of aryl methyl sites for hydroxylation is 1. The van der Waals surface area contributed by atoms with Crippen molar-refractivity contribution in [2.75, 3.05) is 13.1 Å². The van der Waals surface area contributed by atoms with Gasteiger partial charge in [-0.3, -0.25) is 14.4 Å². The van der Waals surface area contributed by atoms with Crippen molar-refractivity contribution >= 4 is 17.5 Å². The Morgan fingerprint density at radius 1 is 0.963 bits per heavy atom. The summed E-state index contributed by atoms with van der Waals surface area (Å²) in [5.74, 6) is -0.167. The van der Waals surface area contributed by atoms with Crippen LogP contribution in [0, 0.1) is 5.92 Å². The van der Waals surface area contributed by atoms with Gasteiger partial charge in [0.15, 0.2) is 5.78 Å². The van der Waals surface area contributed by atoms with Crippen molar-refractivity contribution in [1.29, 1.82) is 0 Å². The molecule has 1 saturated heterocycles. The third-order valence-corrected chi connectivity index (χ3v) is 5.20. The molecule has 0 radical (unpaired) electrons. The maximum Gasteiger partial charge on any atom is 0.254 e. The van der Waals surface area contributed by atoms with Crippen LogP contribution in [0.2, 0.25) is 0 Å². The second-order valence-corrected chi connectivity index (χ2v) is 7.14. The summed E-state index contributed by atoms with van der Waals surface area (Å²) in [5.41, 5.74) is 2.03. The number of Topliss-reactive ketones (excluding diaryl/α,β-unsaturated/α-hetero) is 2. The van der Waals surface area contributed by atoms with E-state index in [1.165, 1.54) is 6.92 Å². The highest BCUT2D eigenvalue weighted by Gasteiger charge is 2.29. The Labute approximate surface area is 160 Å². The van der Waals surface area contributed by atoms with Gasteiger partial charge in [0, 0.05) is 31.0 Å². The van der Waals surface area contributed by atoms with E-state index in [2.05, 4.69) is 0 Å². The van der Waals surface area contributed by atoms with E-state index in [1.807, 2.05) is 30.3 Å². The van der Waals surface area contributed by atoms with Crippen molar-refractivity contribution in [2.45, 2.75) is 32.6 Å². The zero-order valence-electron chi connectivity index (χ0n) is 15.7. The molecule has 0 bridgehead atoms. The van der Waals surface area contributed by atoms with E-state index < -0.39 is 0 Å².